The maximum atomic E-state index is 11.8. The summed E-state index contributed by atoms with van der Waals surface area (Å²) >= 11 is 5.43. The second kappa shape index (κ2) is 4.01. The highest BCUT2D eigenvalue weighted by Gasteiger charge is 2.13. The number of hydrogen-bond donors (Lipinski definition) is 0. The van der Waals surface area contributed by atoms with Gasteiger partial charge in [-0.3, -0.25) is 0 Å². The van der Waals surface area contributed by atoms with Crippen LogP contribution in [0.4, 0.5) is 8.78 Å². The average molecular weight is 205 g/mol. The normalized spacial score (nSPS) is 9.77. The third-order valence-electron chi connectivity index (χ3n) is 1.19. The second-order valence-electron chi connectivity index (χ2n) is 1.97. The van der Waals surface area contributed by atoms with Crippen molar-refractivity contribution in [2.45, 2.75) is 6.61 Å². The SMILES string of the molecule is N#Cc1ccnc(Cl)c1OC(F)F. The van der Waals surface area contributed by atoms with Crippen molar-refractivity contribution in [1.82, 2.24) is 4.98 Å². The molecule has 13 heavy (non-hydrogen) atoms. The Hall–Kier alpha value is -1.41. The van der Waals surface area contributed by atoms with E-state index in [4.69, 9.17) is 16.9 Å². The largest absolute Gasteiger partial charge is 0.430 e. The summed E-state index contributed by atoms with van der Waals surface area (Å²) in [5.41, 5.74) is -0.0692. The highest BCUT2D eigenvalue weighted by Crippen LogP contribution is 2.27. The molecule has 0 aromatic carbocycles. The molecular weight excluding hydrogens is 202 g/mol. The Labute approximate surface area is 77.5 Å². The van der Waals surface area contributed by atoms with Gasteiger partial charge in [-0.2, -0.15) is 14.0 Å². The van der Waals surface area contributed by atoms with Crippen LogP contribution >= 0.6 is 11.6 Å². The Bertz CT molecular complexity index is 351. The first-order valence-electron chi connectivity index (χ1n) is 3.14. The van der Waals surface area contributed by atoms with Crippen molar-refractivity contribution in [3.05, 3.63) is 23.0 Å². The monoisotopic (exact) mass is 204 g/mol. The van der Waals surface area contributed by atoms with Crippen molar-refractivity contribution < 1.29 is 13.5 Å². The van der Waals surface area contributed by atoms with E-state index in [1.165, 1.54) is 12.3 Å². The maximum Gasteiger partial charge on any atom is 0.387 e. The van der Waals surface area contributed by atoms with E-state index in [1.54, 1.807) is 6.07 Å². The lowest BCUT2D eigenvalue weighted by Gasteiger charge is -2.06. The first-order valence-corrected chi connectivity index (χ1v) is 3.52. The molecule has 0 aliphatic carbocycles. The zero-order chi connectivity index (χ0) is 9.84. The Morgan fingerprint density at radius 1 is 1.62 bits per heavy atom. The Kier molecular flexibility index (Phi) is 2.98. The third kappa shape index (κ3) is 2.26. The molecule has 0 bridgehead atoms. The lowest BCUT2D eigenvalue weighted by atomic mass is 10.3. The van der Waals surface area contributed by atoms with Crippen molar-refractivity contribution >= 4 is 11.6 Å². The molecule has 0 amide bonds. The van der Waals surface area contributed by atoms with Gasteiger partial charge in [-0.25, -0.2) is 4.98 Å². The van der Waals surface area contributed by atoms with E-state index in [9.17, 15) is 8.78 Å². The van der Waals surface area contributed by atoms with E-state index in [0.717, 1.165) is 0 Å². The number of hydrogen-bond acceptors (Lipinski definition) is 3. The predicted molar refractivity (Wildman–Crippen MR) is 40.6 cm³/mol. The zero-order valence-electron chi connectivity index (χ0n) is 6.17. The highest BCUT2D eigenvalue weighted by atomic mass is 35.5. The average Bonchev–Trinajstić information content (AvgIpc) is 2.08. The van der Waals surface area contributed by atoms with Crippen LogP contribution in [0.2, 0.25) is 5.15 Å². The lowest BCUT2D eigenvalue weighted by Crippen LogP contribution is -2.04. The van der Waals surface area contributed by atoms with Gasteiger partial charge in [0.05, 0.1) is 5.56 Å². The van der Waals surface area contributed by atoms with Gasteiger partial charge in [0.15, 0.2) is 10.9 Å². The molecule has 1 rings (SSSR count). The van der Waals surface area contributed by atoms with Crippen LogP contribution < -0.4 is 4.74 Å². The lowest BCUT2D eigenvalue weighted by molar-refractivity contribution is -0.0502. The summed E-state index contributed by atoms with van der Waals surface area (Å²) in [5.74, 6) is -0.387. The van der Waals surface area contributed by atoms with Gasteiger partial charge in [0.1, 0.15) is 6.07 Å². The fourth-order valence-electron chi connectivity index (χ4n) is 0.712. The van der Waals surface area contributed by atoms with E-state index < -0.39 is 6.61 Å². The topological polar surface area (TPSA) is 45.9 Å². The van der Waals surface area contributed by atoms with Crippen LogP contribution in [0, 0.1) is 11.3 Å². The third-order valence-corrected chi connectivity index (χ3v) is 1.46. The molecular formula is C7H3ClF2N2O. The summed E-state index contributed by atoms with van der Waals surface area (Å²) in [5, 5.41) is 8.24. The molecule has 1 aromatic heterocycles. The predicted octanol–water partition coefficient (Wildman–Crippen LogP) is 2.21. The molecule has 0 spiro atoms. The van der Waals surface area contributed by atoms with Gasteiger partial charge in [0.2, 0.25) is 0 Å². The van der Waals surface area contributed by atoms with Gasteiger partial charge in [0.25, 0.3) is 0 Å². The molecule has 3 nitrogen and oxygen atoms in total. The molecule has 0 unspecified atom stereocenters. The molecule has 0 aliphatic rings. The summed E-state index contributed by atoms with van der Waals surface area (Å²) in [7, 11) is 0. The fourth-order valence-corrected chi connectivity index (χ4v) is 0.915. The summed E-state index contributed by atoms with van der Waals surface area (Å²) in [6, 6.07) is 2.90. The van der Waals surface area contributed by atoms with Crippen LogP contribution in [0.15, 0.2) is 12.3 Å². The molecule has 0 atom stereocenters. The van der Waals surface area contributed by atoms with Gasteiger partial charge in [-0.05, 0) is 6.07 Å². The van der Waals surface area contributed by atoms with Gasteiger partial charge in [0, 0.05) is 6.20 Å². The number of ether oxygens (including phenoxy) is 1. The zero-order valence-corrected chi connectivity index (χ0v) is 6.92. The minimum Gasteiger partial charge on any atom is -0.430 e. The van der Waals surface area contributed by atoms with E-state index >= 15 is 0 Å². The summed E-state index contributed by atoms with van der Waals surface area (Å²) in [6.07, 6.45) is 1.24. The number of rotatable bonds is 2. The quantitative estimate of drug-likeness (QED) is 0.694. The molecule has 0 saturated carbocycles. The Morgan fingerprint density at radius 3 is 2.85 bits per heavy atom. The van der Waals surface area contributed by atoms with Gasteiger partial charge in [-0.15, -0.1) is 0 Å². The molecule has 0 N–H and O–H groups in total. The molecule has 68 valence electrons. The van der Waals surface area contributed by atoms with Crippen molar-refractivity contribution in [3.63, 3.8) is 0 Å². The Balaban J connectivity index is 3.10. The van der Waals surface area contributed by atoms with E-state index in [1.807, 2.05) is 0 Å². The van der Waals surface area contributed by atoms with E-state index in [-0.39, 0.29) is 16.5 Å². The minimum absolute atomic E-state index is 0.0692. The number of halogens is 3. The van der Waals surface area contributed by atoms with E-state index in [0.29, 0.717) is 0 Å². The van der Waals surface area contributed by atoms with Crippen LogP contribution in [0.1, 0.15) is 5.56 Å². The van der Waals surface area contributed by atoms with Crippen LogP contribution in [-0.2, 0) is 0 Å². The number of pyridine rings is 1. The smallest absolute Gasteiger partial charge is 0.387 e. The standard InChI is InChI=1S/C7H3ClF2N2O/c8-6-5(13-7(9)10)4(3-11)1-2-12-6/h1-2,7H. The summed E-state index contributed by atoms with van der Waals surface area (Å²) in [4.78, 5) is 3.50. The van der Waals surface area contributed by atoms with E-state index in [2.05, 4.69) is 9.72 Å². The van der Waals surface area contributed by atoms with Gasteiger partial charge in [-0.1, -0.05) is 11.6 Å². The van der Waals surface area contributed by atoms with Gasteiger partial charge >= 0.3 is 6.61 Å². The van der Waals surface area contributed by atoms with Crippen molar-refractivity contribution in [1.29, 1.82) is 5.26 Å². The Morgan fingerprint density at radius 2 is 2.31 bits per heavy atom. The highest BCUT2D eigenvalue weighted by molar-refractivity contribution is 6.31. The van der Waals surface area contributed by atoms with Gasteiger partial charge < -0.3 is 4.74 Å². The van der Waals surface area contributed by atoms with Crippen LogP contribution in [0.5, 0.6) is 5.75 Å². The number of aromatic nitrogens is 1. The van der Waals surface area contributed by atoms with Crippen molar-refractivity contribution in [2.75, 3.05) is 0 Å². The molecule has 0 fully saturated rings. The van der Waals surface area contributed by atoms with Crippen molar-refractivity contribution in [3.8, 4) is 11.8 Å². The first-order chi connectivity index (χ1) is 6.15. The maximum absolute atomic E-state index is 11.8. The molecule has 1 aromatic rings. The molecule has 6 heteroatoms. The molecule has 0 radical (unpaired) electrons. The molecule has 1 heterocycles. The minimum atomic E-state index is -3.02. The van der Waals surface area contributed by atoms with Crippen LogP contribution in [0.3, 0.4) is 0 Å². The van der Waals surface area contributed by atoms with Crippen LogP contribution in [-0.4, -0.2) is 11.6 Å². The number of nitriles is 1. The second-order valence-corrected chi connectivity index (χ2v) is 2.33. The number of alkyl halides is 2. The first kappa shape index (κ1) is 9.68. The van der Waals surface area contributed by atoms with Crippen molar-refractivity contribution in [2.24, 2.45) is 0 Å². The fraction of sp³-hybridized carbons (Fsp3) is 0.143. The van der Waals surface area contributed by atoms with Crippen LogP contribution in [0.25, 0.3) is 0 Å². The molecule has 0 saturated heterocycles. The summed E-state index contributed by atoms with van der Waals surface area (Å²) in [6.45, 7) is -3.02. The molecule has 0 aliphatic heterocycles. The summed E-state index contributed by atoms with van der Waals surface area (Å²) < 4.78 is 27.6. The number of nitrogens with zero attached hydrogens (tertiary/aromatic N) is 2.